The first-order valence-electron chi connectivity index (χ1n) is 8.38. The fraction of sp³-hybridized carbons (Fsp3) is 0.500. The molecule has 1 fully saturated rings. The van der Waals surface area contributed by atoms with Gasteiger partial charge in [0.05, 0.1) is 6.54 Å². The maximum absolute atomic E-state index is 12.2. The summed E-state index contributed by atoms with van der Waals surface area (Å²) in [4.78, 5) is 39.4. The van der Waals surface area contributed by atoms with Gasteiger partial charge in [0.25, 0.3) is 5.91 Å². The van der Waals surface area contributed by atoms with Crippen molar-refractivity contribution in [2.24, 2.45) is 5.92 Å². The zero-order chi connectivity index (χ0) is 18.4. The molecule has 0 bridgehead atoms. The average molecular weight is 366 g/mol. The highest BCUT2D eigenvalue weighted by Gasteiger charge is 2.25. The van der Waals surface area contributed by atoms with E-state index in [1.807, 2.05) is 0 Å². The maximum Gasteiger partial charge on any atom is 0.251 e. The molecule has 1 aromatic rings. The number of amides is 3. The van der Waals surface area contributed by atoms with Crippen LogP contribution < -0.4 is 5.32 Å². The molecule has 0 saturated carbocycles. The highest BCUT2D eigenvalue weighted by atomic mass is 35.5. The van der Waals surface area contributed by atoms with E-state index in [0.717, 1.165) is 12.8 Å². The maximum atomic E-state index is 12.2. The van der Waals surface area contributed by atoms with Gasteiger partial charge < -0.3 is 15.1 Å². The number of nitrogens with one attached hydrogen (secondary N) is 1. The lowest BCUT2D eigenvalue weighted by atomic mass is 9.93. The molecular weight excluding hydrogens is 342 g/mol. The van der Waals surface area contributed by atoms with Crippen LogP contribution in [0.3, 0.4) is 0 Å². The molecule has 0 spiro atoms. The molecule has 1 N–H and O–H groups in total. The first-order chi connectivity index (χ1) is 11.9. The minimum absolute atomic E-state index is 0.0351. The van der Waals surface area contributed by atoms with Crippen molar-refractivity contribution in [3.8, 4) is 0 Å². The molecule has 1 aliphatic heterocycles. The topological polar surface area (TPSA) is 69.7 Å². The number of nitrogens with zero attached hydrogens (tertiary/aromatic N) is 2. The third-order valence-electron chi connectivity index (χ3n) is 4.42. The Morgan fingerprint density at radius 1 is 1.24 bits per heavy atom. The Morgan fingerprint density at radius 2 is 1.92 bits per heavy atom. The van der Waals surface area contributed by atoms with Gasteiger partial charge in [-0.15, -0.1) is 0 Å². The number of likely N-dealkylation sites (tertiary alicyclic amines) is 1. The Labute approximate surface area is 153 Å². The van der Waals surface area contributed by atoms with Gasteiger partial charge in [-0.25, -0.2) is 0 Å². The Kier molecular flexibility index (Phi) is 6.82. The van der Waals surface area contributed by atoms with Gasteiger partial charge in [0.1, 0.15) is 0 Å². The van der Waals surface area contributed by atoms with Crippen LogP contribution in [-0.2, 0) is 9.59 Å². The fourth-order valence-electron chi connectivity index (χ4n) is 2.82. The molecule has 0 atom stereocenters. The normalized spacial score (nSPS) is 14.9. The largest absolute Gasteiger partial charge is 0.349 e. The second kappa shape index (κ2) is 8.85. The molecule has 7 heteroatoms. The third kappa shape index (κ3) is 5.74. The van der Waals surface area contributed by atoms with Gasteiger partial charge in [0.2, 0.25) is 11.8 Å². The van der Waals surface area contributed by atoms with Crippen LogP contribution in [0.15, 0.2) is 24.3 Å². The van der Waals surface area contributed by atoms with Crippen LogP contribution in [0.5, 0.6) is 0 Å². The van der Waals surface area contributed by atoms with Crippen molar-refractivity contribution < 1.29 is 14.4 Å². The second-order valence-electron chi connectivity index (χ2n) is 6.51. The molecule has 6 nitrogen and oxygen atoms in total. The lowest BCUT2D eigenvalue weighted by molar-refractivity contribution is -0.132. The predicted octanol–water partition coefficient (Wildman–Crippen LogP) is 1.79. The van der Waals surface area contributed by atoms with Crippen LogP contribution in [0.1, 0.15) is 29.6 Å². The number of halogens is 1. The van der Waals surface area contributed by atoms with Crippen molar-refractivity contribution in [1.29, 1.82) is 0 Å². The molecule has 25 heavy (non-hydrogen) atoms. The minimum atomic E-state index is -0.317. The van der Waals surface area contributed by atoms with E-state index in [4.69, 9.17) is 11.6 Å². The Hall–Kier alpha value is -2.08. The molecule has 1 aliphatic rings. The minimum Gasteiger partial charge on any atom is -0.349 e. The standard InChI is InChI=1S/C18H24ClN3O3/c1-21(2)16(23)10-13-6-8-22(9-7-13)17(24)12-20-18(25)14-4-3-5-15(19)11-14/h3-5,11,13H,6-10,12H2,1-2H3,(H,20,25). The summed E-state index contributed by atoms with van der Waals surface area (Å²) in [5.74, 6) is 0.0219. The summed E-state index contributed by atoms with van der Waals surface area (Å²) in [6.07, 6.45) is 2.15. The van der Waals surface area contributed by atoms with E-state index in [-0.39, 0.29) is 24.3 Å². The van der Waals surface area contributed by atoms with E-state index in [1.165, 1.54) is 0 Å². The van der Waals surface area contributed by atoms with Crippen LogP contribution in [0.4, 0.5) is 0 Å². The predicted molar refractivity (Wildman–Crippen MR) is 96.4 cm³/mol. The summed E-state index contributed by atoms with van der Waals surface area (Å²) in [7, 11) is 3.51. The van der Waals surface area contributed by atoms with Gasteiger partial charge >= 0.3 is 0 Å². The number of rotatable bonds is 5. The van der Waals surface area contributed by atoms with Gasteiger partial charge in [-0.05, 0) is 37.0 Å². The molecule has 136 valence electrons. The first-order valence-corrected chi connectivity index (χ1v) is 8.76. The Bertz CT molecular complexity index is 640. The highest BCUT2D eigenvalue weighted by Crippen LogP contribution is 2.21. The van der Waals surface area contributed by atoms with Crippen molar-refractivity contribution in [3.05, 3.63) is 34.9 Å². The van der Waals surface area contributed by atoms with E-state index >= 15 is 0 Å². The van der Waals surface area contributed by atoms with Crippen LogP contribution in [-0.4, -0.2) is 61.3 Å². The molecule has 0 unspecified atom stereocenters. The summed E-state index contributed by atoms with van der Waals surface area (Å²) < 4.78 is 0. The van der Waals surface area contributed by atoms with Crippen molar-refractivity contribution in [1.82, 2.24) is 15.1 Å². The second-order valence-corrected chi connectivity index (χ2v) is 6.95. The van der Waals surface area contributed by atoms with E-state index in [0.29, 0.717) is 36.0 Å². The van der Waals surface area contributed by atoms with Crippen LogP contribution in [0, 0.1) is 5.92 Å². The summed E-state index contributed by atoms with van der Waals surface area (Å²) in [6, 6.07) is 6.60. The molecule has 0 aromatic heterocycles. The van der Waals surface area contributed by atoms with Crippen LogP contribution >= 0.6 is 11.6 Å². The SMILES string of the molecule is CN(C)C(=O)CC1CCN(C(=O)CNC(=O)c2cccc(Cl)c2)CC1. The Morgan fingerprint density at radius 3 is 2.52 bits per heavy atom. The summed E-state index contributed by atoms with van der Waals surface area (Å²) in [5.41, 5.74) is 0.432. The first kappa shape index (κ1) is 19.2. The number of carbonyl (C=O) groups is 3. The van der Waals surface area contributed by atoms with Crippen molar-refractivity contribution in [2.75, 3.05) is 33.7 Å². The zero-order valence-electron chi connectivity index (χ0n) is 14.6. The van der Waals surface area contributed by atoms with Crippen LogP contribution in [0.25, 0.3) is 0 Å². The lowest BCUT2D eigenvalue weighted by Crippen LogP contribution is -2.44. The summed E-state index contributed by atoms with van der Waals surface area (Å²) >= 11 is 5.86. The summed E-state index contributed by atoms with van der Waals surface area (Å²) in [5, 5.41) is 3.11. The smallest absolute Gasteiger partial charge is 0.251 e. The molecule has 1 saturated heterocycles. The zero-order valence-corrected chi connectivity index (χ0v) is 15.4. The molecule has 1 heterocycles. The molecule has 0 aliphatic carbocycles. The van der Waals surface area contributed by atoms with E-state index in [2.05, 4.69) is 5.32 Å². The van der Waals surface area contributed by atoms with Gasteiger partial charge in [-0.2, -0.15) is 0 Å². The van der Waals surface area contributed by atoms with E-state index < -0.39 is 0 Å². The molecule has 3 amide bonds. The van der Waals surface area contributed by atoms with Gasteiger partial charge in [-0.1, -0.05) is 17.7 Å². The number of hydrogen-bond donors (Lipinski definition) is 1. The molecular formula is C18H24ClN3O3. The molecule has 0 radical (unpaired) electrons. The quantitative estimate of drug-likeness (QED) is 0.864. The van der Waals surface area contributed by atoms with Crippen molar-refractivity contribution >= 4 is 29.3 Å². The van der Waals surface area contributed by atoms with Gasteiger partial charge in [0, 0.05) is 44.2 Å². The number of hydrogen-bond acceptors (Lipinski definition) is 3. The molecule has 2 rings (SSSR count). The number of piperidine rings is 1. The molecule has 1 aromatic carbocycles. The van der Waals surface area contributed by atoms with Gasteiger partial charge in [0.15, 0.2) is 0 Å². The Balaban J connectivity index is 1.75. The third-order valence-corrected chi connectivity index (χ3v) is 4.65. The monoisotopic (exact) mass is 365 g/mol. The number of carbonyl (C=O) groups excluding carboxylic acids is 3. The lowest BCUT2D eigenvalue weighted by Gasteiger charge is -2.32. The van der Waals surface area contributed by atoms with Gasteiger partial charge in [-0.3, -0.25) is 14.4 Å². The van der Waals surface area contributed by atoms with Crippen LogP contribution in [0.2, 0.25) is 5.02 Å². The number of benzene rings is 1. The fourth-order valence-corrected chi connectivity index (χ4v) is 3.01. The van der Waals surface area contributed by atoms with E-state index in [1.54, 1.807) is 48.2 Å². The van der Waals surface area contributed by atoms with E-state index in [9.17, 15) is 14.4 Å². The summed E-state index contributed by atoms with van der Waals surface area (Å²) in [6.45, 7) is 1.21. The highest BCUT2D eigenvalue weighted by molar-refractivity contribution is 6.30. The van der Waals surface area contributed by atoms with Crippen molar-refractivity contribution in [2.45, 2.75) is 19.3 Å². The van der Waals surface area contributed by atoms with Crippen molar-refractivity contribution in [3.63, 3.8) is 0 Å². The average Bonchev–Trinajstić information content (AvgIpc) is 2.59.